The van der Waals surface area contributed by atoms with Crippen LogP contribution in [0, 0.1) is 0 Å². The monoisotopic (exact) mass is 250 g/mol. The number of ether oxygens (including phenoxy) is 1. The van der Waals surface area contributed by atoms with Crippen LogP contribution in [0.25, 0.3) is 0 Å². The normalized spacial score (nSPS) is 29.0. The van der Waals surface area contributed by atoms with Gasteiger partial charge in [0.25, 0.3) is 0 Å². The van der Waals surface area contributed by atoms with Crippen molar-refractivity contribution in [1.82, 2.24) is 15.5 Å². The number of hydrogen-bond acceptors (Lipinski definition) is 4. The lowest BCUT2D eigenvalue weighted by Gasteiger charge is -2.28. The van der Waals surface area contributed by atoms with Crippen molar-refractivity contribution in [1.29, 1.82) is 0 Å². The van der Waals surface area contributed by atoms with Gasteiger partial charge in [-0.25, -0.2) is 0 Å². The summed E-state index contributed by atoms with van der Waals surface area (Å²) in [6, 6.07) is 0.533. The molecule has 1 fully saturated rings. The second-order valence-electron chi connectivity index (χ2n) is 5.43. The van der Waals surface area contributed by atoms with Gasteiger partial charge in [-0.05, 0) is 39.8 Å². The number of hydrogen-bond donors (Lipinski definition) is 3. The maximum atomic E-state index is 5.89. The van der Waals surface area contributed by atoms with E-state index in [0.717, 1.165) is 38.2 Å². The molecule has 2 aliphatic rings. The van der Waals surface area contributed by atoms with Crippen molar-refractivity contribution in [2.45, 2.75) is 51.4 Å². The van der Waals surface area contributed by atoms with E-state index < -0.39 is 0 Å². The van der Waals surface area contributed by atoms with Gasteiger partial charge in [0.2, 0.25) is 0 Å². The third kappa shape index (κ3) is 2.24. The molecule has 0 saturated carbocycles. The van der Waals surface area contributed by atoms with Crippen LogP contribution in [0.5, 0.6) is 0 Å². The standard InChI is InChI=1S/C13H22N4O/c1-8-7-11-12(9(2)18-8)13(17-16-11)15-10-3-5-14-6-4-10/h8-10,14H,3-7H2,1-2H3,(H2,15,16,17). The van der Waals surface area contributed by atoms with Crippen LogP contribution in [0.4, 0.5) is 5.82 Å². The number of nitrogens with zero attached hydrogens (tertiary/aromatic N) is 1. The van der Waals surface area contributed by atoms with Gasteiger partial charge in [0.1, 0.15) is 0 Å². The minimum atomic E-state index is 0.131. The van der Waals surface area contributed by atoms with Gasteiger partial charge in [0, 0.05) is 23.7 Å². The number of H-pyrrole nitrogens is 1. The molecule has 3 N–H and O–H groups in total. The Morgan fingerprint density at radius 3 is 2.83 bits per heavy atom. The molecule has 5 heteroatoms. The minimum Gasteiger partial charge on any atom is -0.370 e. The molecule has 1 aromatic heterocycles. The third-order valence-corrected chi connectivity index (χ3v) is 3.90. The van der Waals surface area contributed by atoms with Crippen LogP contribution in [0.2, 0.25) is 0 Å². The van der Waals surface area contributed by atoms with E-state index >= 15 is 0 Å². The number of rotatable bonds is 2. The minimum absolute atomic E-state index is 0.131. The van der Waals surface area contributed by atoms with E-state index in [1.807, 2.05) is 0 Å². The van der Waals surface area contributed by atoms with Gasteiger partial charge in [0.15, 0.2) is 5.82 Å². The van der Waals surface area contributed by atoms with Crippen molar-refractivity contribution in [2.75, 3.05) is 18.4 Å². The Morgan fingerprint density at radius 1 is 1.28 bits per heavy atom. The molecular formula is C13H22N4O. The molecule has 0 spiro atoms. The number of fused-ring (bicyclic) bond motifs is 1. The first-order valence-electron chi connectivity index (χ1n) is 6.94. The van der Waals surface area contributed by atoms with E-state index in [1.165, 1.54) is 11.3 Å². The van der Waals surface area contributed by atoms with Gasteiger partial charge in [-0.1, -0.05) is 0 Å². The molecule has 0 aliphatic carbocycles. The largest absolute Gasteiger partial charge is 0.370 e. The summed E-state index contributed by atoms with van der Waals surface area (Å²) in [5.74, 6) is 0.997. The maximum absolute atomic E-state index is 5.89. The molecule has 5 nitrogen and oxygen atoms in total. The Bertz CT molecular complexity index is 411. The highest BCUT2D eigenvalue weighted by molar-refractivity contribution is 5.49. The molecule has 100 valence electrons. The van der Waals surface area contributed by atoms with Crippen molar-refractivity contribution in [3.8, 4) is 0 Å². The zero-order valence-corrected chi connectivity index (χ0v) is 11.1. The van der Waals surface area contributed by atoms with E-state index in [1.54, 1.807) is 0 Å². The van der Waals surface area contributed by atoms with E-state index in [9.17, 15) is 0 Å². The number of nitrogens with one attached hydrogen (secondary N) is 3. The van der Waals surface area contributed by atoms with Crippen molar-refractivity contribution >= 4 is 5.82 Å². The first-order chi connectivity index (χ1) is 8.74. The number of aromatic amines is 1. The summed E-state index contributed by atoms with van der Waals surface area (Å²) in [6.07, 6.45) is 3.66. The molecule has 1 aromatic rings. The molecule has 1 saturated heterocycles. The number of anilines is 1. The van der Waals surface area contributed by atoms with Crippen molar-refractivity contribution in [2.24, 2.45) is 0 Å². The topological polar surface area (TPSA) is 62.0 Å². The second kappa shape index (κ2) is 4.90. The average molecular weight is 250 g/mol. The summed E-state index contributed by atoms with van der Waals surface area (Å²) in [4.78, 5) is 0. The first-order valence-corrected chi connectivity index (χ1v) is 6.94. The highest BCUT2D eigenvalue weighted by Crippen LogP contribution is 2.34. The van der Waals surface area contributed by atoms with Crippen LogP contribution in [0.15, 0.2) is 0 Å². The molecule has 0 aromatic carbocycles. The molecule has 0 bridgehead atoms. The fourth-order valence-corrected chi connectivity index (χ4v) is 3.00. The summed E-state index contributed by atoms with van der Waals surface area (Å²) < 4.78 is 5.89. The number of aromatic nitrogens is 2. The molecular weight excluding hydrogens is 228 g/mol. The van der Waals surface area contributed by atoms with E-state index in [2.05, 4.69) is 34.7 Å². The maximum Gasteiger partial charge on any atom is 0.154 e. The molecule has 2 unspecified atom stereocenters. The summed E-state index contributed by atoms with van der Waals surface area (Å²) in [6.45, 7) is 6.40. The second-order valence-corrected chi connectivity index (χ2v) is 5.43. The lowest BCUT2D eigenvalue weighted by Crippen LogP contribution is -2.35. The van der Waals surface area contributed by atoms with E-state index in [0.29, 0.717) is 6.04 Å². The molecule has 2 atom stereocenters. The molecule has 18 heavy (non-hydrogen) atoms. The molecule has 2 aliphatic heterocycles. The van der Waals surface area contributed by atoms with Crippen molar-refractivity contribution < 1.29 is 4.74 Å². The van der Waals surface area contributed by atoms with Gasteiger partial charge < -0.3 is 15.4 Å². The predicted molar refractivity (Wildman–Crippen MR) is 70.8 cm³/mol. The zero-order valence-electron chi connectivity index (χ0n) is 11.1. The summed E-state index contributed by atoms with van der Waals surface area (Å²) in [5.41, 5.74) is 2.46. The van der Waals surface area contributed by atoms with Gasteiger partial charge >= 0.3 is 0 Å². The van der Waals surface area contributed by atoms with Gasteiger partial charge in [-0.3, -0.25) is 5.10 Å². The van der Waals surface area contributed by atoms with Crippen LogP contribution in [0.1, 0.15) is 44.1 Å². The fraction of sp³-hybridized carbons (Fsp3) is 0.769. The molecule has 3 heterocycles. The highest BCUT2D eigenvalue weighted by Gasteiger charge is 2.28. The van der Waals surface area contributed by atoms with Crippen LogP contribution < -0.4 is 10.6 Å². The van der Waals surface area contributed by atoms with Crippen LogP contribution in [-0.4, -0.2) is 35.4 Å². The summed E-state index contributed by atoms with van der Waals surface area (Å²) in [5, 5.41) is 14.6. The first kappa shape index (κ1) is 12.0. The Labute approximate surface area is 108 Å². The molecule has 0 radical (unpaired) electrons. The zero-order chi connectivity index (χ0) is 12.5. The Kier molecular flexibility index (Phi) is 3.26. The van der Waals surface area contributed by atoms with Crippen LogP contribution in [0.3, 0.4) is 0 Å². The van der Waals surface area contributed by atoms with Crippen LogP contribution >= 0.6 is 0 Å². The molecule has 0 amide bonds. The Balaban J connectivity index is 1.77. The number of piperidine rings is 1. The Hall–Kier alpha value is -1.07. The van der Waals surface area contributed by atoms with Gasteiger partial charge in [-0.15, -0.1) is 0 Å². The lowest BCUT2D eigenvalue weighted by molar-refractivity contribution is -0.00480. The van der Waals surface area contributed by atoms with E-state index in [4.69, 9.17) is 4.74 Å². The average Bonchev–Trinajstić information content (AvgIpc) is 2.73. The van der Waals surface area contributed by atoms with Crippen molar-refractivity contribution in [3.63, 3.8) is 0 Å². The predicted octanol–water partition coefficient (Wildman–Crippen LogP) is 1.60. The molecule has 3 rings (SSSR count). The SMILES string of the molecule is CC1Cc2[nH]nc(NC3CCNCC3)c2C(C)O1. The smallest absolute Gasteiger partial charge is 0.154 e. The third-order valence-electron chi connectivity index (χ3n) is 3.90. The fourth-order valence-electron chi connectivity index (χ4n) is 3.00. The van der Waals surface area contributed by atoms with Crippen LogP contribution in [-0.2, 0) is 11.2 Å². The van der Waals surface area contributed by atoms with Gasteiger partial charge in [-0.2, -0.15) is 5.10 Å². The summed E-state index contributed by atoms with van der Waals surface area (Å²) >= 11 is 0. The Morgan fingerprint density at radius 2 is 2.06 bits per heavy atom. The highest BCUT2D eigenvalue weighted by atomic mass is 16.5. The van der Waals surface area contributed by atoms with E-state index in [-0.39, 0.29) is 12.2 Å². The lowest BCUT2D eigenvalue weighted by atomic mass is 10.0. The van der Waals surface area contributed by atoms with Gasteiger partial charge in [0.05, 0.1) is 12.2 Å². The summed E-state index contributed by atoms with van der Waals surface area (Å²) in [7, 11) is 0. The van der Waals surface area contributed by atoms with Crippen molar-refractivity contribution in [3.05, 3.63) is 11.3 Å². The quantitative estimate of drug-likeness (QED) is 0.746.